The van der Waals surface area contributed by atoms with Crippen LogP contribution in [0.3, 0.4) is 0 Å². The molecule has 0 saturated heterocycles. The van der Waals surface area contributed by atoms with Gasteiger partial charge in [0.2, 0.25) is 5.95 Å². The van der Waals surface area contributed by atoms with Gasteiger partial charge in [0.25, 0.3) is 0 Å². The third kappa shape index (κ3) is 2.82. The van der Waals surface area contributed by atoms with Crippen molar-refractivity contribution in [3.05, 3.63) is 40.5 Å². The highest BCUT2D eigenvalue weighted by Crippen LogP contribution is 2.12. The van der Waals surface area contributed by atoms with E-state index in [0.29, 0.717) is 18.4 Å². The Morgan fingerprint density at radius 3 is 2.33 bits per heavy atom. The van der Waals surface area contributed by atoms with Gasteiger partial charge in [0, 0.05) is 17.8 Å². The van der Waals surface area contributed by atoms with Crippen molar-refractivity contribution >= 4 is 13.8 Å². The summed E-state index contributed by atoms with van der Waals surface area (Å²) >= 11 is 0. The third-order valence-corrected chi connectivity index (χ3v) is 2.56. The Morgan fingerprint density at radius 1 is 1.06 bits per heavy atom. The summed E-state index contributed by atoms with van der Waals surface area (Å²) in [5.74, 6) is 0.154. The predicted molar refractivity (Wildman–Crippen MR) is 70.2 cm³/mol. The number of anilines is 1. The molecule has 18 heavy (non-hydrogen) atoms. The average molecular weight is 239 g/mol. The van der Waals surface area contributed by atoms with E-state index in [1.54, 1.807) is 0 Å². The summed E-state index contributed by atoms with van der Waals surface area (Å²) in [5, 5.41) is 7.84. The quantitative estimate of drug-likeness (QED) is 0.798. The van der Waals surface area contributed by atoms with Crippen molar-refractivity contribution in [3.63, 3.8) is 0 Å². The second kappa shape index (κ2) is 5.12. The number of nitrogens with two attached hydrogens (primary N) is 1. The first-order valence-electron chi connectivity index (χ1n) is 5.70. The standard InChI is InChI=1S/C12H14BN5/c1-7-3-9(4-8(2)15-7)5-10-11(6-13)16-12(14)18-17-10/h3-4H,5-6H2,1-2H3,(H2,14,16,18). The van der Waals surface area contributed by atoms with Gasteiger partial charge in [-0.25, -0.2) is 4.98 Å². The Hall–Kier alpha value is -1.98. The van der Waals surface area contributed by atoms with Gasteiger partial charge in [0.15, 0.2) is 0 Å². The Labute approximate surface area is 107 Å². The van der Waals surface area contributed by atoms with Crippen molar-refractivity contribution in [2.45, 2.75) is 26.6 Å². The van der Waals surface area contributed by atoms with Gasteiger partial charge in [-0.1, -0.05) is 0 Å². The lowest BCUT2D eigenvalue weighted by atomic mass is 9.97. The van der Waals surface area contributed by atoms with Crippen LogP contribution in [0.1, 0.15) is 28.3 Å². The van der Waals surface area contributed by atoms with Crippen molar-refractivity contribution in [1.29, 1.82) is 0 Å². The molecule has 0 bridgehead atoms. The summed E-state index contributed by atoms with van der Waals surface area (Å²) in [5.41, 5.74) is 10.0. The molecule has 0 saturated carbocycles. The van der Waals surface area contributed by atoms with Crippen LogP contribution in [0.25, 0.3) is 0 Å². The van der Waals surface area contributed by atoms with E-state index < -0.39 is 0 Å². The van der Waals surface area contributed by atoms with Gasteiger partial charge in [0.05, 0.1) is 19.2 Å². The van der Waals surface area contributed by atoms with Crippen LogP contribution in [0.2, 0.25) is 0 Å². The smallest absolute Gasteiger partial charge is 0.240 e. The summed E-state index contributed by atoms with van der Waals surface area (Å²) in [4.78, 5) is 8.43. The average Bonchev–Trinajstić information content (AvgIpc) is 2.30. The molecule has 90 valence electrons. The Bertz CT molecular complexity index is 550. The van der Waals surface area contributed by atoms with E-state index in [-0.39, 0.29) is 5.95 Å². The number of pyridine rings is 1. The molecular formula is C12H14BN5. The van der Waals surface area contributed by atoms with E-state index in [1.807, 2.05) is 26.0 Å². The van der Waals surface area contributed by atoms with Crippen LogP contribution >= 0.6 is 0 Å². The molecule has 2 aromatic rings. The van der Waals surface area contributed by atoms with Gasteiger partial charge in [0.1, 0.15) is 0 Å². The lowest BCUT2D eigenvalue weighted by molar-refractivity contribution is 0.866. The van der Waals surface area contributed by atoms with Gasteiger partial charge in [-0.05, 0) is 37.9 Å². The van der Waals surface area contributed by atoms with E-state index in [0.717, 1.165) is 22.6 Å². The fourth-order valence-electron chi connectivity index (χ4n) is 1.91. The zero-order valence-corrected chi connectivity index (χ0v) is 10.5. The summed E-state index contributed by atoms with van der Waals surface area (Å²) in [6.45, 7) is 3.93. The summed E-state index contributed by atoms with van der Waals surface area (Å²) in [7, 11) is 5.63. The van der Waals surface area contributed by atoms with Crippen molar-refractivity contribution in [2.24, 2.45) is 0 Å². The molecule has 6 heteroatoms. The van der Waals surface area contributed by atoms with Gasteiger partial charge in [-0.2, -0.15) is 0 Å². The largest absolute Gasteiger partial charge is 0.366 e. The number of rotatable bonds is 3. The maximum absolute atomic E-state index is 5.63. The molecule has 2 rings (SSSR count). The monoisotopic (exact) mass is 239 g/mol. The first-order chi connectivity index (χ1) is 8.58. The van der Waals surface area contributed by atoms with E-state index in [2.05, 4.69) is 20.2 Å². The maximum Gasteiger partial charge on any atom is 0.240 e. The lowest BCUT2D eigenvalue weighted by Crippen LogP contribution is -2.08. The second-order valence-electron chi connectivity index (χ2n) is 4.20. The Balaban J connectivity index is 2.33. The normalized spacial score (nSPS) is 10.6. The minimum Gasteiger partial charge on any atom is -0.366 e. The molecule has 0 amide bonds. The number of hydrogen-bond acceptors (Lipinski definition) is 5. The fourth-order valence-corrected chi connectivity index (χ4v) is 1.91. The van der Waals surface area contributed by atoms with Crippen molar-refractivity contribution in [3.8, 4) is 0 Å². The zero-order chi connectivity index (χ0) is 13.1. The number of hydrogen-bond donors (Lipinski definition) is 1. The molecule has 0 aromatic carbocycles. The molecule has 2 radical (unpaired) electrons. The number of aromatic nitrogens is 4. The van der Waals surface area contributed by atoms with Crippen LogP contribution < -0.4 is 5.73 Å². The van der Waals surface area contributed by atoms with Crippen molar-refractivity contribution in [1.82, 2.24) is 20.2 Å². The van der Waals surface area contributed by atoms with Crippen LogP contribution in [0, 0.1) is 13.8 Å². The molecule has 2 N–H and O–H groups in total. The van der Waals surface area contributed by atoms with Crippen LogP contribution in [0.5, 0.6) is 0 Å². The first-order valence-corrected chi connectivity index (χ1v) is 5.70. The van der Waals surface area contributed by atoms with Crippen molar-refractivity contribution in [2.75, 3.05) is 5.73 Å². The molecule has 5 nitrogen and oxygen atoms in total. The van der Waals surface area contributed by atoms with Gasteiger partial charge < -0.3 is 5.73 Å². The number of nitrogens with zero attached hydrogens (tertiary/aromatic N) is 4. The maximum atomic E-state index is 5.63. The van der Waals surface area contributed by atoms with Gasteiger partial charge >= 0.3 is 0 Å². The SMILES string of the molecule is [B]Cc1nc(N)nnc1Cc1cc(C)nc(C)c1. The molecule has 0 spiro atoms. The van der Waals surface area contributed by atoms with E-state index in [4.69, 9.17) is 13.6 Å². The third-order valence-electron chi connectivity index (χ3n) is 2.56. The number of nitrogen functional groups attached to an aromatic ring is 1. The van der Waals surface area contributed by atoms with Crippen molar-refractivity contribution < 1.29 is 0 Å². The fraction of sp³-hybridized carbons (Fsp3) is 0.333. The molecule has 0 aliphatic heterocycles. The van der Waals surface area contributed by atoms with Crippen LogP contribution in [-0.2, 0) is 12.7 Å². The molecule has 0 atom stereocenters. The van der Waals surface area contributed by atoms with E-state index >= 15 is 0 Å². The molecule has 0 fully saturated rings. The van der Waals surface area contributed by atoms with Crippen LogP contribution in [0.4, 0.5) is 5.95 Å². The van der Waals surface area contributed by atoms with Gasteiger partial charge in [-0.3, -0.25) is 4.98 Å². The predicted octanol–water partition coefficient (Wildman–Crippen LogP) is 0.725. The molecular weight excluding hydrogens is 225 g/mol. The zero-order valence-electron chi connectivity index (χ0n) is 10.5. The summed E-state index contributed by atoms with van der Waals surface area (Å²) < 4.78 is 0. The van der Waals surface area contributed by atoms with E-state index in [9.17, 15) is 0 Å². The minimum atomic E-state index is 0.154. The molecule has 0 aliphatic carbocycles. The van der Waals surface area contributed by atoms with Gasteiger partial charge in [-0.15, -0.1) is 10.2 Å². The molecule has 0 aliphatic rings. The van der Waals surface area contributed by atoms with Crippen LogP contribution in [-0.4, -0.2) is 28.0 Å². The highest BCUT2D eigenvalue weighted by atomic mass is 15.2. The highest BCUT2D eigenvalue weighted by Gasteiger charge is 2.08. The molecule has 2 heterocycles. The second-order valence-corrected chi connectivity index (χ2v) is 4.20. The minimum absolute atomic E-state index is 0.154. The van der Waals surface area contributed by atoms with Crippen LogP contribution in [0.15, 0.2) is 12.1 Å². The lowest BCUT2D eigenvalue weighted by Gasteiger charge is -2.07. The Morgan fingerprint density at radius 2 is 1.72 bits per heavy atom. The molecule has 2 aromatic heterocycles. The number of aryl methyl sites for hydroxylation is 2. The molecule has 0 unspecified atom stereocenters. The summed E-state index contributed by atoms with van der Waals surface area (Å²) in [6.07, 6.45) is 0.940. The highest BCUT2D eigenvalue weighted by molar-refractivity contribution is 6.08. The Kier molecular flexibility index (Phi) is 3.55. The van der Waals surface area contributed by atoms with E-state index in [1.165, 1.54) is 0 Å². The topological polar surface area (TPSA) is 77.6 Å². The summed E-state index contributed by atoms with van der Waals surface area (Å²) in [6, 6.07) is 4.04. The first kappa shape index (κ1) is 12.5.